The summed E-state index contributed by atoms with van der Waals surface area (Å²) in [5, 5.41) is 11.5. The second-order valence-electron chi connectivity index (χ2n) is 3.97. The van der Waals surface area contributed by atoms with Crippen molar-refractivity contribution in [2.75, 3.05) is 44.9 Å². The van der Waals surface area contributed by atoms with Crippen molar-refractivity contribution in [1.29, 1.82) is 0 Å². The van der Waals surface area contributed by atoms with Gasteiger partial charge in [-0.15, -0.1) is 0 Å². The SMILES string of the molecule is COc1ccc(NC(=O)CN(C)CCO)cc1N. The van der Waals surface area contributed by atoms with Crippen molar-refractivity contribution in [3.8, 4) is 5.75 Å². The van der Waals surface area contributed by atoms with E-state index in [0.717, 1.165) is 0 Å². The van der Waals surface area contributed by atoms with Crippen molar-refractivity contribution in [3.05, 3.63) is 18.2 Å². The Labute approximate surface area is 106 Å². The van der Waals surface area contributed by atoms with E-state index in [0.29, 0.717) is 23.7 Å². The molecule has 1 amide bonds. The molecule has 0 saturated carbocycles. The molecule has 0 heterocycles. The molecule has 1 rings (SSSR count). The monoisotopic (exact) mass is 253 g/mol. The number of nitrogens with two attached hydrogens (primary N) is 1. The van der Waals surface area contributed by atoms with Crippen molar-refractivity contribution in [2.45, 2.75) is 0 Å². The topological polar surface area (TPSA) is 87.8 Å². The number of nitrogen functional groups attached to an aromatic ring is 1. The summed E-state index contributed by atoms with van der Waals surface area (Å²) < 4.78 is 5.03. The van der Waals surface area contributed by atoms with Gasteiger partial charge in [0.25, 0.3) is 0 Å². The van der Waals surface area contributed by atoms with Gasteiger partial charge in [0.05, 0.1) is 25.9 Å². The van der Waals surface area contributed by atoms with Crippen molar-refractivity contribution in [3.63, 3.8) is 0 Å². The number of aliphatic hydroxyl groups excluding tert-OH is 1. The number of hydrogen-bond donors (Lipinski definition) is 3. The molecule has 0 aliphatic rings. The van der Waals surface area contributed by atoms with Gasteiger partial charge in [-0.3, -0.25) is 9.69 Å². The van der Waals surface area contributed by atoms with Gasteiger partial charge in [-0.25, -0.2) is 0 Å². The molecule has 1 aromatic rings. The summed E-state index contributed by atoms with van der Waals surface area (Å²) in [6, 6.07) is 5.06. The van der Waals surface area contributed by atoms with Gasteiger partial charge in [0.1, 0.15) is 5.75 Å². The van der Waals surface area contributed by atoms with Crippen molar-refractivity contribution in [1.82, 2.24) is 4.90 Å². The zero-order chi connectivity index (χ0) is 13.5. The molecule has 0 aromatic heterocycles. The highest BCUT2D eigenvalue weighted by molar-refractivity contribution is 5.92. The molecule has 0 fully saturated rings. The fourth-order valence-electron chi connectivity index (χ4n) is 1.51. The summed E-state index contributed by atoms with van der Waals surface area (Å²) in [7, 11) is 3.30. The summed E-state index contributed by atoms with van der Waals surface area (Å²) in [5.41, 5.74) is 6.83. The number of anilines is 2. The van der Waals surface area contributed by atoms with Gasteiger partial charge in [-0.1, -0.05) is 0 Å². The minimum Gasteiger partial charge on any atom is -0.495 e. The van der Waals surface area contributed by atoms with E-state index in [4.69, 9.17) is 15.6 Å². The molecule has 0 saturated heterocycles. The predicted octanol–water partition coefficient (Wildman–Crippen LogP) is 0.140. The number of carbonyl (C=O) groups excluding carboxylic acids is 1. The number of nitrogens with one attached hydrogen (secondary N) is 1. The smallest absolute Gasteiger partial charge is 0.238 e. The van der Waals surface area contributed by atoms with Crippen LogP contribution in [-0.2, 0) is 4.79 Å². The highest BCUT2D eigenvalue weighted by Crippen LogP contribution is 2.24. The molecule has 0 bridgehead atoms. The Kier molecular flexibility index (Phi) is 5.41. The summed E-state index contributed by atoms with van der Waals surface area (Å²) in [6.07, 6.45) is 0. The van der Waals surface area contributed by atoms with Crippen LogP contribution in [0.25, 0.3) is 0 Å². The van der Waals surface area contributed by atoms with E-state index < -0.39 is 0 Å². The lowest BCUT2D eigenvalue weighted by molar-refractivity contribution is -0.117. The van der Waals surface area contributed by atoms with Gasteiger partial charge in [0.2, 0.25) is 5.91 Å². The summed E-state index contributed by atoms with van der Waals surface area (Å²) in [5.74, 6) is 0.418. The van der Waals surface area contributed by atoms with Crippen LogP contribution in [0, 0.1) is 0 Å². The van der Waals surface area contributed by atoms with Crippen LogP contribution in [0.1, 0.15) is 0 Å². The van der Waals surface area contributed by atoms with Gasteiger partial charge in [-0.2, -0.15) is 0 Å². The minimum atomic E-state index is -0.157. The standard InChI is InChI=1S/C12H19N3O3/c1-15(5-6-16)8-12(17)14-9-3-4-11(18-2)10(13)7-9/h3-4,7,16H,5-6,8,13H2,1-2H3,(H,14,17). The molecule has 100 valence electrons. The molecular weight excluding hydrogens is 234 g/mol. The average molecular weight is 253 g/mol. The number of hydrogen-bond acceptors (Lipinski definition) is 5. The maximum atomic E-state index is 11.7. The second-order valence-corrected chi connectivity index (χ2v) is 3.97. The summed E-state index contributed by atoms with van der Waals surface area (Å²) in [4.78, 5) is 13.4. The first-order valence-corrected chi connectivity index (χ1v) is 5.59. The lowest BCUT2D eigenvalue weighted by Gasteiger charge is -2.15. The van der Waals surface area contributed by atoms with Gasteiger partial charge >= 0.3 is 0 Å². The number of likely N-dealkylation sites (N-methyl/N-ethyl adjacent to an activating group) is 1. The fraction of sp³-hybridized carbons (Fsp3) is 0.417. The molecule has 0 aliphatic carbocycles. The maximum Gasteiger partial charge on any atom is 0.238 e. The summed E-state index contributed by atoms with van der Waals surface area (Å²) in [6.45, 7) is 0.698. The molecule has 4 N–H and O–H groups in total. The second kappa shape index (κ2) is 6.83. The molecule has 6 heteroatoms. The Balaban J connectivity index is 2.57. The maximum absolute atomic E-state index is 11.7. The van der Waals surface area contributed by atoms with E-state index in [2.05, 4.69) is 5.32 Å². The van der Waals surface area contributed by atoms with E-state index in [-0.39, 0.29) is 19.1 Å². The van der Waals surface area contributed by atoms with Crippen molar-refractivity contribution < 1.29 is 14.6 Å². The lowest BCUT2D eigenvalue weighted by Crippen LogP contribution is -2.32. The number of nitrogens with zero attached hydrogens (tertiary/aromatic N) is 1. The Hall–Kier alpha value is -1.79. The van der Waals surface area contributed by atoms with Crippen LogP contribution in [0.5, 0.6) is 5.75 Å². The molecular formula is C12H19N3O3. The predicted molar refractivity (Wildman–Crippen MR) is 70.6 cm³/mol. The van der Waals surface area contributed by atoms with Crippen LogP contribution in [0.3, 0.4) is 0 Å². The summed E-state index contributed by atoms with van der Waals surface area (Å²) >= 11 is 0. The van der Waals surface area contributed by atoms with Crippen LogP contribution in [0.2, 0.25) is 0 Å². The van der Waals surface area contributed by atoms with E-state index in [9.17, 15) is 4.79 Å². The quantitative estimate of drug-likeness (QED) is 0.628. The number of rotatable bonds is 6. The van der Waals surface area contributed by atoms with Crippen LogP contribution >= 0.6 is 0 Å². The Morgan fingerprint density at radius 3 is 2.83 bits per heavy atom. The van der Waals surface area contributed by atoms with Crippen molar-refractivity contribution in [2.24, 2.45) is 0 Å². The van der Waals surface area contributed by atoms with Crippen LogP contribution in [0.15, 0.2) is 18.2 Å². The van der Waals surface area contributed by atoms with Crippen LogP contribution < -0.4 is 15.8 Å². The highest BCUT2D eigenvalue weighted by atomic mass is 16.5. The third kappa shape index (κ3) is 4.23. The molecule has 0 atom stereocenters. The fourth-order valence-corrected chi connectivity index (χ4v) is 1.51. The molecule has 6 nitrogen and oxygen atoms in total. The van der Waals surface area contributed by atoms with E-state index >= 15 is 0 Å². The van der Waals surface area contributed by atoms with Crippen molar-refractivity contribution >= 4 is 17.3 Å². The number of methoxy groups -OCH3 is 1. The van der Waals surface area contributed by atoms with E-state index in [1.165, 1.54) is 7.11 Å². The molecule has 0 radical (unpaired) electrons. The van der Waals surface area contributed by atoms with Crippen LogP contribution in [0.4, 0.5) is 11.4 Å². The molecule has 0 spiro atoms. The zero-order valence-corrected chi connectivity index (χ0v) is 10.6. The minimum absolute atomic E-state index is 0.0270. The third-order valence-corrected chi connectivity index (χ3v) is 2.41. The Morgan fingerprint density at radius 1 is 1.56 bits per heavy atom. The highest BCUT2D eigenvalue weighted by Gasteiger charge is 2.07. The molecule has 18 heavy (non-hydrogen) atoms. The van der Waals surface area contributed by atoms with Gasteiger partial charge in [0, 0.05) is 12.2 Å². The molecule has 0 aliphatic heterocycles. The first kappa shape index (κ1) is 14.3. The van der Waals surface area contributed by atoms with E-state index in [1.54, 1.807) is 30.1 Å². The van der Waals surface area contributed by atoms with Gasteiger partial charge < -0.3 is 20.9 Å². The average Bonchev–Trinajstić information content (AvgIpc) is 2.29. The largest absolute Gasteiger partial charge is 0.495 e. The number of amides is 1. The molecule has 1 aromatic carbocycles. The van der Waals surface area contributed by atoms with E-state index in [1.807, 2.05) is 0 Å². The Bertz CT molecular complexity index is 410. The van der Waals surface area contributed by atoms with Gasteiger partial charge in [0.15, 0.2) is 0 Å². The third-order valence-electron chi connectivity index (χ3n) is 2.41. The number of benzene rings is 1. The normalized spacial score (nSPS) is 10.4. The first-order valence-electron chi connectivity index (χ1n) is 5.59. The lowest BCUT2D eigenvalue weighted by atomic mass is 10.2. The number of carbonyl (C=O) groups is 1. The number of ether oxygens (including phenoxy) is 1. The van der Waals surface area contributed by atoms with Gasteiger partial charge in [-0.05, 0) is 25.2 Å². The Morgan fingerprint density at radius 2 is 2.28 bits per heavy atom. The van der Waals surface area contributed by atoms with Crippen LogP contribution in [-0.4, -0.2) is 49.8 Å². The first-order chi connectivity index (χ1) is 8.56. The molecule has 0 unspecified atom stereocenters. The number of aliphatic hydroxyl groups is 1. The zero-order valence-electron chi connectivity index (χ0n) is 10.6.